The van der Waals surface area contributed by atoms with Crippen molar-refractivity contribution in [3.8, 4) is 5.75 Å². The molecular weight excluding hydrogens is 252 g/mol. The molecule has 0 atom stereocenters. The molecule has 4 nitrogen and oxygen atoms in total. The fraction of sp³-hybridized carbons (Fsp3) is 0.562. The highest BCUT2D eigenvalue weighted by Gasteiger charge is 2.20. The van der Waals surface area contributed by atoms with Crippen molar-refractivity contribution in [2.45, 2.75) is 38.2 Å². The topological polar surface area (TPSA) is 50.4 Å². The van der Waals surface area contributed by atoms with E-state index in [1.807, 2.05) is 24.3 Å². The molecule has 1 heterocycles. The van der Waals surface area contributed by atoms with Crippen LogP contribution in [0.1, 0.15) is 32.1 Å². The molecule has 1 saturated carbocycles. The minimum Gasteiger partial charge on any atom is -0.490 e. The monoisotopic (exact) mass is 274 g/mol. The lowest BCUT2D eigenvalue weighted by molar-refractivity contribution is -0.117. The Morgan fingerprint density at radius 2 is 1.90 bits per heavy atom. The standard InChI is InChI=1S/C16H22N2O2/c19-16(9-12-10-17-11-12)18-13-5-7-15(8-6-13)20-14-3-1-2-4-14/h5-8,12,14,17H,1-4,9-11H2,(H,18,19). The van der Waals surface area contributed by atoms with Gasteiger partial charge in [0.15, 0.2) is 0 Å². The number of anilines is 1. The fourth-order valence-corrected chi connectivity index (χ4v) is 2.78. The van der Waals surface area contributed by atoms with Gasteiger partial charge >= 0.3 is 0 Å². The second kappa shape index (κ2) is 6.27. The molecule has 1 saturated heterocycles. The van der Waals surface area contributed by atoms with Gasteiger partial charge in [-0.3, -0.25) is 4.79 Å². The summed E-state index contributed by atoms with van der Waals surface area (Å²) in [4.78, 5) is 11.8. The second-order valence-electron chi connectivity index (χ2n) is 5.83. The van der Waals surface area contributed by atoms with Crippen LogP contribution in [0.3, 0.4) is 0 Å². The summed E-state index contributed by atoms with van der Waals surface area (Å²) in [5.74, 6) is 1.50. The van der Waals surface area contributed by atoms with Crippen LogP contribution in [0.2, 0.25) is 0 Å². The van der Waals surface area contributed by atoms with Gasteiger partial charge in [-0.1, -0.05) is 0 Å². The number of carbonyl (C=O) groups is 1. The van der Waals surface area contributed by atoms with Crippen molar-refractivity contribution >= 4 is 11.6 Å². The molecule has 0 radical (unpaired) electrons. The molecule has 108 valence electrons. The van der Waals surface area contributed by atoms with Crippen molar-refractivity contribution in [3.05, 3.63) is 24.3 Å². The first kappa shape index (κ1) is 13.4. The zero-order chi connectivity index (χ0) is 13.8. The largest absolute Gasteiger partial charge is 0.490 e. The summed E-state index contributed by atoms with van der Waals surface area (Å²) in [6.45, 7) is 1.92. The first-order valence-electron chi connectivity index (χ1n) is 7.57. The van der Waals surface area contributed by atoms with Crippen molar-refractivity contribution in [1.29, 1.82) is 0 Å². The van der Waals surface area contributed by atoms with Gasteiger partial charge in [-0.25, -0.2) is 0 Å². The Kier molecular flexibility index (Phi) is 4.21. The summed E-state index contributed by atoms with van der Waals surface area (Å²) in [6, 6.07) is 7.72. The Morgan fingerprint density at radius 1 is 1.20 bits per heavy atom. The van der Waals surface area contributed by atoms with E-state index in [-0.39, 0.29) is 5.91 Å². The quantitative estimate of drug-likeness (QED) is 0.867. The smallest absolute Gasteiger partial charge is 0.224 e. The Morgan fingerprint density at radius 3 is 2.50 bits per heavy atom. The van der Waals surface area contributed by atoms with Crippen LogP contribution in [0, 0.1) is 5.92 Å². The van der Waals surface area contributed by atoms with Crippen LogP contribution in [0.25, 0.3) is 0 Å². The van der Waals surface area contributed by atoms with Crippen molar-refractivity contribution in [2.24, 2.45) is 5.92 Å². The van der Waals surface area contributed by atoms with E-state index in [1.54, 1.807) is 0 Å². The highest BCUT2D eigenvalue weighted by atomic mass is 16.5. The molecule has 2 N–H and O–H groups in total. The van der Waals surface area contributed by atoms with Crippen LogP contribution >= 0.6 is 0 Å². The molecule has 1 aliphatic heterocycles. The van der Waals surface area contributed by atoms with Gasteiger partial charge in [0.2, 0.25) is 5.91 Å². The average molecular weight is 274 g/mol. The van der Waals surface area contributed by atoms with Crippen LogP contribution in [0.5, 0.6) is 5.75 Å². The molecule has 1 aromatic rings. The van der Waals surface area contributed by atoms with Gasteiger partial charge in [0.25, 0.3) is 0 Å². The normalized spacial score (nSPS) is 19.6. The summed E-state index contributed by atoms with van der Waals surface area (Å²) in [5, 5.41) is 6.12. The first-order valence-corrected chi connectivity index (χ1v) is 7.57. The molecule has 2 fully saturated rings. The van der Waals surface area contributed by atoms with Gasteiger partial charge in [0.1, 0.15) is 5.75 Å². The van der Waals surface area contributed by atoms with E-state index in [9.17, 15) is 4.79 Å². The minimum atomic E-state index is 0.0981. The van der Waals surface area contributed by atoms with Crippen molar-refractivity contribution < 1.29 is 9.53 Å². The van der Waals surface area contributed by atoms with E-state index < -0.39 is 0 Å². The van der Waals surface area contributed by atoms with Crippen LogP contribution in [-0.2, 0) is 4.79 Å². The molecular formula is C16H22N2O2. The van der Waals surface area contributed by atoms with Gasteiger partial charge < -0.3 is 15.4 Å². The summed E-state index contributed by atoms with van der Waals surface area (Å²) in [7, 11) is 0. The summed E-state index contributed by atoms with van der Waals surface area (Å²) < 4.78 is 5.91. The van der Waals surface area contributed by atoms with Gasteiger partial charge in [0.05, 0.1) is 6.10 Å². The molecule has 0 spiro atoms. The predicted molar refractivity (Wildman–Crippen MR) is 78.9 cm³/mol. The van der Waals surface area contributed by atoms with E-state index in [1.165, 1.54) is 12.8 Å². The Bertz CT molecular complexity index is 448. The third kappa shape index (κ3) is 3.51. The third-order valence-corrected chi connectivity index (χ3v) is 4.08. The number of amides is 1. The molecule has 3 rings (SSSR count). The number of ether oxygens (including phenoxy) is 1. The molecule has 1 aliphatic carbocycles. The number of hydrogen-bond donors (Lipinski definition) is 2. The average Bonchev–Trinajstić information content (AvgIpc) is 2.89. The number of nitrogens with one attached hydrogen (secondary N) is 2. The zero-order valence-corrected chi connectivity index (χ0v) is 11.7. The number of hydrogen-bond acceptors (Lipinski definition) is 3. The Hall–Kier alpha value is -1.55. The van der Waals surface area contributed by atoms with Crippen LogP contribution in [0.4, 0.5) is 5.69 Å². The van der Waals surface area contributed by atoms with Crippen molar-refractivity contribution in [1.82, 2.24) is 5.32 Å². The van der Waals surface area contributed by atoms with Crippen LogP contribution in [0.15, 0.2) is 24.3 Å². The zero-order valence-electron chi connectivity index (χ0n) is 11.7. The number of carbonyl (C=O) groups excluding carboxylic acids is 1. The minimum absolute atomic E-state index is 0.0981. The fourth-order valence-electron chi connectivity index (χ4n) is 2.78. The van der Waals surface area contributed by atoms with Crippen molar-refractivity contribution in [3.63, 3.8) is 0 Å². The molecule has 0 bridgehead atoms. The molecule has 2 aliphatic rings. The third-order valence-electron chi connectivity index (χ3n) is 4.08. The lowest BCUT2D eigenvalue weighted by Gasteiger charge is -2.26. The molecule has 0 unspecified atom stereocenters. The maximum atomic E-state index is 11.8. The lowest BCUT2D eigenvalue weighted by atomic mass is 9.99. The lowest BCUT2D eigenvalue weighted by Crippen LogP contribution is -2.43. The highest BCUT2D eigenvalue weighted by molar-refractivity contribution is 5.90. The van der Waals surface area contributed by atoms with E-state index >= 15 is 0 Å². The molecule has 1 amide bonds. The van der Waals surface area contributed by atoms with Crippen LogP contribution in [-0.4, -0.2) is 25.1 Å². The summed E-state index contributed by atoms with van der Waals surface area (Å²) >= 11 is 0. The molecule has 20 heavy (non-hydrogen) atoms. The summed E-state index contributed by atoms with van der Waals surface area (Å²) in [5.41, 5.74) is 0.848. The molecule has 0 aromatic heterocycles. The number of benzene rings is 1. The van der Waals surface area contributed by atoms with Crippen molar-refractivity contribution in [2.75, 3.05) is 18.4 Å². The molecule has 4 heteroatoms. The van der Waals surface area contributed by atoms with Gasteiger partial charge in [-0.15, -0.1) is 0 Å². The maximum Gasteiger partial charge on any atom is 0.224 e. The van der Waals surface area contributed by atoms with Crippen LogP contribution < -0.4 is 15.4 Å². The first-order chi connectivity index (χ1) is 9.79. The Balaban J connectivity index is 1.48. The Labute approximate surface area is 119 Å². The van der Waals surface area contributed by atoms with Gasteiger partial charge in [-0.05, 0) is 69.0 Å². The second-order valence-corrected chi connectivity index (χ2v) is 5.83. The SMILES string of the molecule is O=C(CC1CNC1)Nc1ccc(OC2CCCC2)cc1. The van der Waals surface area contributed by atoms with E-state index in [0.717, 1.165) is 37.4 Å². The van der Waals surface area contributed by atoms with E-state index in [2.05, 4.69) is 10.6 Å². The van der Waals surface area contributed by atoms with Gasteiger partial charge in [-0.2, -0.15) is 0 Å². The highest BCUT2D eigenvalue weighted by Crippen LogP contribution is 2.25. The number of rotatable bonds is 5. The maximum absolute atomic E-state index is 11.8. The summed E-state index contributed by atoms with van der Waals surface area (Å²) in [6.07, 6.45) is 5.85. The van der Waals surface area contributed by atoms with E-state index in [0.29, 0.717) is 18.4 Å². The van der Waals surface area contributed by atoms with E-state index in [4.69, 9.17) is 4.74 Å². The van der Waals surface area contributed by atoms with Gasteiger partial charge in [0, 0.05) is 12.1 Å². The predicted octanol–water partition coefficient (Wildman–Crippen LogP) is 2.56. The molecule has 1 aromatic carbocycles.